The van der Waals surface area contributed by atoms with E-state index in [9.17, 15) is 4.79 Å². The van der Waals surface area contributed by atoms with Gasteiger partial charge in [-0.25, -0.2) is 9.97 Å². The van der Waals surface area contributed by atoms with Gasteiger partial charge in [0.25, 0.3) is 5.91 Å². The molecule has 0 aliphatic heterocycles. The van der Waals surface area contributed by atoms with Crippen molar-refractivity contribution in [3.63, 3.8) is 0 Å². The Morgan fingerprint density at radius 1 is 0.964 bits per heavy atom. The Balaban J connectivity index is 1.84. The van der Waals surface area contributed by atoms with Gasteiger partial charge in [-0.05, 0) is 50.5 Å². The van der Waals surface area contributed by atoms with E-state index in [1.54, 1.807) is 6.07 Å². The Kier molecular flexibility index (Phi) is 5.73. The molecule has 3 aromatic rings. The van der Waals surface area contributed by atoms with Crippen LogP contribution in [-0.4, -0.2) is 22.9 Å². The lowest BCUT2D eigenvalue weighted by atomic mass is 10.0. The summed E-state index contributed by atoms with van der Waals surface area (Å²) < 4.78 is 0. The summed E-state index contributed by atoms with van der Waals surface area (Å²) in [6.07, 6.45) is 0. The quantitative estimate of drug-likeness (QED) is 0.709. The van der Waals surface area contributed by atoms with Crippen LogP contribution in [0.2, 0.25) is 0 Å². The van der Waals surface area contributed by atoms with Gasteiger partial charge in [-0.3, -0.25) is 4.79 Å². The van der Waals surface area contributed by atoms with Crippen LogP contribution in [0.3, 0.4) is 0 Å². The van der Waals surface area contributed by atoms with Crippen LogP contribution in [-0.2, 0) is 6.54 Å². The van der Waals surface area contributed by atoms with Gasteiger partial charge in [0.05, 0.1) is 0 Å². The number of rotatable bonds is 5. The van der Waals surface area contributed by atoms with Crippen molar-refractivity contribution in [1.29, 1.82) is 0 Å². The molecule has 0 unspecified atom stereocenters. The second-order valence-corrected chi connectivity index (χ2v) is 7.26. The Bertz CT molecular complexity index is 976. The molecule has 1 N–H and O–H groups in total. The number of hydrogen-bond donors (Lipinski definition) is 1. The molecule has 0 radical (unpaired) electrons. The number of aryl methyl sites for hydroxylation is 4. The first-order chi connectivity index (χ1) is 13.3. The fourth-order valence-corrected chi connectivity index (χ4v) is 3.32. The summed E-state index contributed by atoms with van der Waals surface area (Å²) in [6, 6.07) is 16.0. The molecule has 1 heterocycles. The van der Waals surface area contributed by atoms with Gasteiger partial charge in [0.2, 0.25) is 5.95 Å². The molecule has 1 aromatic heterocycles. The van der Waals surface area contributed by atoms with Gasteiger partial charge in [-0.1, -0.05) is 48.0 Å². The van der Waals surface area contributed by atoms with E-state index < -0.39 is 0 Å². The highest BCUT2D eigenvalue weighted by molar-refractivity contribution is 6.04. The second-order valence-electron chi connectivity index (χ2n) is 7.26. The predicted octanol–water partition coefficient (Wildman–Crippen LogP) is 4.60. The van der Waals surface area contributed by atoms with E-state index in [2.05, 4.69) is 39.6 Å². The van der Waals surface area contributed by atoms with Gasteiger partial charge < -0.3 is 10.2 Å². The molecule has 3 rings (SSSR count). The standard InChI is InChI=1S/C23H26N4O/c1-15-11-16(2)21(17(3)12-15)26-22(28)20-13-18(4)24-23(25-20)27(5)14-19-9-7-6-8-10-19/h6-13H,14H2,1-5H3,(H,26,28). The van der Waals surface area contributed by atoms with Crippen LogP contribution in [0.4, 0.5) is 11.6 Å². The maximum Gasteiger partial charge on any atom is 0.274 e. The van der Waals surface area contributed by atoms with Crippen molar-refractivity contribution in [3.8, 4) is 0 Å². The van der Waals surface area contributed by atoms with Gasteiger partial charge in [0.15, 0.2) is 0 Å². The zero-order valence-corrected chi connectivity index (χ0v) is 17.1. The van der Waals surface area contributed by atoms with E-state index in [1.807, 2.05) is 57.8 Å². The van der Waals surface area contributed by atoms with E-state index >= 15 is 0 Å². The third-order valence-electron chi connectivity index (χ3n) is 4.59. The number of benzene rings is 2. The van der Waals surface area contributed by atoms with Gasteiger partial charge in [0, 0.05) is 25.0 Å². The molecular weight excluding hydrogens is 348 g/mol. The first kappa shape index (κ1) is 19.5. The molecule has 144 valence electrons. The third kappa shape index (κ3) is 4.55. The van der Waals surface area contributed by atoms with Crippen LogP contribution in [0, 0.1) is 27.7 Å². The first-order valence-electron chi connectivity index (χ1n) is 9.33. The summed E-state index contributed by atoms with van der Waals surface area (Å²) in [7, 11) is 1.93. The minimum Gasteiger partial charge on any atom is -0.340 e. The maximum absolute atomic E-state index is 12.9. The number of nitrogens with one attached hydrogen (secondary N) is 1. The average molecular weight is 374 g/mol. The van der Waals surface area contributed by atoms with E-state index in [0.29, 0.717) is 18.2 Å². The van der Waals surface area contributed by atoms with Crippen molar-refractivity contribution in [2.45, 2.75) is 34.2 Å². The summed E-state index contributed by atoms with van der Waals surface area (Å²) in [4.78, 5) is 23.8. The molecule has 0 atom stereocenters. The van der Waals surface area contributed by atoms with Crippen LogP contribution in [0.5, 0.6) is 0 Å². The van der Waals surface area contributed by atoms with Crippen LogP contribution in [0.1, 0.15) is 38.4 Å². The Morgan fingerprint density at radius 3 is 2.25 bits per heavy atom. The molecule has 0 bridgehead atoms. The predicted molar refractivity (Wildman–Crippen MR) is 114 cm³/mol. The molecule has 0 saturated carbocycles. The molecule has 1 amide bonds. The fraction of sp³-hybridized carbons (Fsp3) is 0.261. The largest absolute Gasteiger partial charge is 0.340 e. The Hall–Kier alpha value is -3.21. The minimum absolute atomic E-state index is 0.227. The number of nitrogens with zero attached hydrogens (tertiary/aromatic N) is 3. The average Bonchev–Trinajstić information content (AvgIpc) is 2.64. The smallest absolute Gasteiger partial charge is 0.274 e. The summed E-state index contributed by atoms with van der Waals surface area (Å²) in [5.74, 6) is 0.307. The van der Waals surface area contributed by atoms with Crippen molar-refractivity contribution in [3.05, 3.63) is 82.2 Å². The molecule has 0 aliphatic rings. The van der Waals surface area contributed by atoms with Crippen molar-refractivity contribution < 1.29 is 4.79 Å². The number of amides is 1. The number of carbonyl (C=O) groups is 1. The highest BCUT2D eigenvalue weighted by Gasteiger charge is 2.15. The van der Waals surface area contributed by atoms with Gasteiger partial charge in [-0.2, -0.15) is 0 Å². The Morgan fingerprint density at radius 2 is 1.61 bits per heavy atom. The Labute approximate surface area is 166 Å². The van der Waals surface area contributed by atoms with Gasteiger partial charge in [0.1, 0.15) is 5.69 Å². The van der Waals surface area contributed by atoms with Crippen molar-refractivity contribution in [2.75, 3.05) is 17.3 Å². The topological polar surface area (TPSA) is 58.1 Å². The highest BCUT2D eigenvalue weighted by atomic mass is 16.1. The lowest BCUT2D eigenvalue weighted by Gasteiger charge is -2.18. The number of hydrogen-bond acceptors (Lipinski definition) is 4. The number of anilines is 2. The molecule has 5 heteroatoms. The van der Waals surface area contributed by atoms with Crippen molar-refractivity contribution in [2.24, 2.45) is 0 Å². The van der Waals surface area contributed by atoms with Gasteiger partial charge in [-0.15, -0.1) is 0 Å². The van der Waals surface area contributed by atoms with Crippen LogP contribution in [0.15, 0.2) is 48.5 Å². The third-order valence-corrected chi connectivity index (χ3v) is 4.59. The van der Waals surface area contributed by atoms with Crippen molar-refractivity contribution in [1.82, 2.24) is 9.97 Å². The lowest BCUT2D eigenvalue weighted by Crippen LogP contribution is -2.22. The summed E-state index contributed by atoms with van der Waals surface area (Å²) >= 11 is 0. The minimum atomic E-state index is -0.227. The number of carbonyl (C=O) groups excluding carboxylic acids is 1. The summed E-state index contributed by atoms with van der Waals surface area (Å²) in [5.41, 5.74) is 6.37. The van der Waals surface area contributed by atoms with E-state index in [1.165, 1.54) is 5.56 Å². The van der Waals surface area contributed by atoms with Crippen LogP contribution < -0.4 is 10.2 Å². The maximum atomic E-state index is 12.9. The van der Waals surface area contributed by atoms with Crippen LogP contribution in [0.25, 0.3) is 0 Å². The monoisotopic (exact) mass is 374 g/mol. The highest BCUT2D eigenvalue weighted by Crippen LogP contribution is 2.23. The molecule has 0 aliphatic carbocycles. The van der Waals surface area contributed by atoms with Gasteiger partial charge >= 0.3 is 0 Å². The SMILES string of the molecule is Cc1cc(C)c(NC(=O)c2cc(C)nc(N(C)Cc3ccccc3)n2)c(C)c1. The molecule has 0 saturated heterocycles. The molecular formula is C23H26N4O. The van der Waals surface area contributed by atoms with Crippen molar-refractivity contribution >= 4 is 17.5 Å². The van der Waals surface area contributed by atoms with Crippen LogP contribution >= 0.6 is 0 Å². The molecule has 28 heavy (non-hydrogen) atoms. The lowest BCUT2D eigenvalue weighted by molar-refractivity contribution is 0.102. The molecule has 2 aromatic carbocycles. The second kappa shape index (κ2) is 8.21. The first-order valence-corrected chi connectivity index (χ1v) is 9.33. The van der Waals surface area contributed by atoms with E-state index in [4.69, 9.17) is 0 Å². The summed E-state index contributed by atoms with van der Waals surface area (Å²) in [5, 5.41) is 3.02. The normalized spacial score (nSPS) is 10.6. The summed E-state index contributed by atoms with van der Waals surface area (Å²) in [6.45, 7) is 8.59. The zero-order valence-electron chi connectivity index (χ0n) is 17.1. The number of aromatic nitrogens is 2. The zero-order chi connectivity index (χ0) is 20.3. The van der Waals surface area contributed by atoms with E-state index in [-0.39, 0.29) is 5.91 Å². The van der Waals surface area contributed by atoms with E-state index in [0.717, 1.165) is 28.1 Å². The molecule has 0 fully saturated rings. The molecule has 0 spiro atoms. The molecule has 5 nitrogen and oxygen atoms in total. The fourth-order valence-electron chi connectivity index (χ4n) is 3.32.